The molecule has 0 saturated heterocycles. The van der Waals surface area contributed by atoms with Gasteiger partial charge in [-0.2, -0.15) is 0 Å². The molecular formula is C16H21N5O2S. The van der Waals surface area contributed by atoms with Gasteiger partial charge < -0.3 is 10.2 Å². The number of H-pyrrole nitrogens is 1. The molecule has 0 atom stereocenters. The number of fused-ring (bicyclic) bond motifs is 1. The van der Waals surface area contributed by atoms with Crippen LogP contribution in [0.15, 0.2) is 30.1 Å². The summed E-state index contributed by atoms with van der Waals surface area (Å²) >= 11 is 1.78. The first-order chi connectivity index (χ1) is 11.7. The maximum absolute atomic E-state index is 8.11. The molecule has 0 aliphatic carbocycles. The lowest BCUT2D eigenvalue weighted by Gasteiger charge is -2.11. The summed E-state index contributed by atoms with van der Waals surface area (Å²) in [6, 6.07) is 2.03. The van der Waals surface area contributed by atoms with E-state index in [9.17, 15) is 0 Å². The average Bonchev–Trinajstić information content (AvgIpc) is 3.24. The second-order valence-electron chi connectivity index (χ2n) is 5.38. The Morgan fingerprint density at radius 3 is 2.62 bits per heavy atom. The van der Waals surface area contributed by atoms with Crippen LogP contribution in [0.2, 0.25) is 0 Å². The maximum Gasteiger partial charge on any atom is 0.152 e. The fraction of sp³-hybridized carbons (Fsp3) is 0.438. The molecule has 0 bridgehead atoms. The molecule has 3 heterocycles. The normalized spacial score (nSPS) is 10.6. The minimum Gasteiger partial charge on any atom is -0.379 e. The summed E-state index contributed by atoms with van der Waals surface area (Å²) in [5.74, 6) is 0.585. The van der Waals surface area contributed by atoms with Gasteiger partial charge in [-0.05, 0) is 18.9 Å². The molecule has 8 heteroatoms. The summed E-state index contributed by atoms with van der Waals surface area (Å²) in [5.41, 5.74) is 1.87. The minimum atomic E-state index is 0.585. The molecule has 24 heavy (non-hydrogen) atoms. The lowest BCUT2D eigenvalue weighted by Crippen LogP contribution is -1.96. The van der Waals surface area contributed by atoms with E-state index in [1.807, 2.05) is 18.5 Å². The smallest absolute Gasteiger partial charge is 0.152 e. The molecule has 0 saturated carbocycles. The number of thiazole rings is 1. The number of nitrogens with one attached hydrogen (secondary N) is 1. The Labute approximate surface area is 144 Å². The summed E-state index contributed by atoms with van der Waals surface area (Å²) in [6.07, 6.45) is 10.3. The van der Waals surface area contributed by atoms with E-state index in [4.69, 9.17) is 10.1 Å². The number of hydrogen-bond donors (Lipinski definition) is 2. The Hall–Kier alpha value is -2.35. The lowest BCUT2D eigenvalue weighted by molar-refractivity contribution is 0.312. The third-order valence-corrected chi connectivity index (χ3v) is 4.90. The average molecular weight is 347 g/mol. The summed E-state index contributed by atoms with van der Waals surface area (Å²) < 4.78 is 0. The van der Waals surface area contributed by atoms with Gasteiger partial charge >= 0.3 is 0 Å². The molecule has 0 unspecified atom stereocenters. The highest BCUT2D eigenvalue weighted by Crippen LogP contribution is 2.35. The first-order valence-electron chi connectivity index (χ1n) is 7.95. The van der Waals surface area contributed by atoms with E-state index in [-0.39, 0.29) is 0 Å². The second kappa shape index (κ2) is 9.07. The zero-order valence-corrected chi connectivity index (χ0v) is 14.6. The molecule has 3 aromatic heterocycles. The molecule has 2 N–H and O–H groups in total. The van der Waals surface area contributed by atoms with Gasteiger partial charge in [0.15, 0.2) is 5.34 Å². The van der Waals surface area contributed by atoms with Gasteiger partial charge in [0.25, 0.3) is 0 Å². The van der Waals surface area contributed by atoms with Crippen molar-refractivity contribution in [3.05, 3.63) is 34.7 Å². The van der Waals surface area contributed by atoms with Gasteiger partial charge in [-0.15, -0.1) is 16.2 Å². The van der Waals surface area contributed by atoms with Gasteiger partial charge in [0.05, 0.1) is 15.6 Å². The maximum atomic E-state index is 8.11. The Morgan fingerprint density at radius 2 is 1.96 bits per heavy atom. The van der Waals surface area contributed by atoms with Crippen molar-refractivity contribution in [3.8, 4) is 10.6 Å². The summed E-state index contributed by atoms with van der Waals surface area (Å²) in [7, 11) is 0. The quantitative estimate of drug-likeness (QED) is 0.487. The first-order valence-corrected chi connectivity index (χ1v) is 8.77. The monoisotopic (exact) mass is 347 g/mol. The van der Waals surface area contributed by atoms with Crippen molar-refractivity contribution in [1.29, 1.82) is 0 Å². The van der Waals surface area contributed by atoms with Crippen LogP contribution in [0.3, 0.4) is 0 Å². The van der Waals surface area contributed by atoms with Crippen LogP contribution in [-0.2, 0) is 0 Å². The number of aromatic amines is 1. The van der Waals surface area contributed by atoms with Crippen molar-refractivity contribution < 1.29 is 5.21 Å². The third kappa shape index (κ3) is 4.14. The zero-order valence-electron chi connectivity index (χ0n) is 13.8. The van der Waals surface area contributed by atoms with Crippen molar-refractivity contribution in [2.75, 3.05) is 0 Å². The number of rotatable bonds is 6. The van der Waals surface area contributed by atoms with Crippen molar-refractivity contribution >= 4 is 22.4 Å². The van der Waals surface area contributed by atoms with Crippen LogP contribution in [0.25, 0.3) is 21.6 Å². The van der Waals surface area contributed by atoms with E-state index in [1.54, 1.807) is 17.7 Å². The molecule has 0 aliphatic heterocycles. The van der Waals surface area contributed by atoms with Crippen molar-refractivity contribution in [2.45, 2.75) is 45.4 Å². The number of nitrogens with zero attached hydrogens (tertiary/aromatic N) is 4. The van der Waals surface area contributed by atoms with Crippen LogP contribution in [0, 0.1) is 4.91 Å². The van der Waals surface area contributed by atoms with Gasteiger partial charge in [0, 0.05) is 23.7 Å². The predicted octanol–water partition coefficient (Wildman–Crippen LogP) is 4.91. The van der Waals surface area contributed by atoms with Crippen LogP contribution >= 0.6 is 11.3 Å². The molecular weight excluding hydrogens is 326 g/mol. The molecule has 0 fully saturated rings. The first kappa shape index (κ1) is 18.0. The van der Waals surface area contributed by atoms with Crippen molar-refractivity contribution in [2.24, 2.45) is 5.34 Å². The Morgan fingerprint density at radius 1 is 1.25 bits per heavy atom. The highest BCUT2D eigenvalue weighted by atomic mass is 32.1. The second-order valence-corrected chi connectivity index (χ2v) is 6.44. The van der Waals surface area contributed by atoms with E-state index in [1.165, 1.54) is 36.0 Å². The van der Waals surface area contributed by atoms with E-state index >= 15 is 0 Å². The summed E-state index contributed by atoms with van der Waals surface area (Å²) in [4.78, 5) is 25.7. The Balaban J connectivity index is 0.000000647. The van der Waals surface area contributed by atoms with Gasteiger partial charge in [-0.25, -0.2) is 15.0 Å². The minimum absolute atomic E-state index is 0.585. The molecule has 0 aromatic carbocycles. The van der Waals surface area contributed by atoms with Crippen molar-refractivity contribution in [1.82, 2.24) is 19.9 Å². The van der Waals surface area contributed by atoms with Crippen LogP contribution in [0.5, 0.6) is 0 Å². The summed E-state index contributed by atoms with van der Waals surface area (Å²) in [6.45, 7) is 4.48. The summed E-state index contributed by atoms with van der Waals surface area (Å²) in [5, 5.41) is 10.2. The number of aromatic nitrogens is 4. The van der Waals surface area contributed by atoms with Gasteiger partial charge in [0.1, 0.15) is 12.0 Å². The van der Waals surface area contributed by atoms with E-state index in [0.29, 0.717) is 5.92 Å². The van der Waals surface area contributed by atoms with Crippen LogP contribution in [-0.4, -0.2) is 25.1 Å². The Bertz CT molecular complexity index is 765. The van der Waals surface area contributed by atoms with Crippen LogP contribution < -0.4 is 0 Å². The Kier molecular flexibility index (Phi) is 6.80. The predicted molar refractivity (Wildman–Crippen MR) is 95.1 cm³/mol. The molecule has 0 aliphatic rings. The standard InChI is InChI=1S/C16H20N4S.HNO2/c1-3-5-11(6-4-2)16-18-9-13(21-16)14-12-7-8-17-15(12)20-10-19-14;2-1-3/h7-11H,3-6H2,1-2H3,(H,17,19,20);(H,2,3). The largest absolute Gasteiger partial charge is 0.379 e. The fourth-order valence-electron chi connectivity index (χ4n) is 2.74. The SMILES string of the molecule is CCCC(CCC)c1ncc(-c2ncnc3[nH]ccc23)s1.O=NO. The van der Waals surface area contributed by atoms with Gasteiger partial charge in [-0.1, -0.05) is 26.7 Å². The molecule has 0 radical (unpaired) electrons. The third-order valence-electron chi connectivity index (χ3n) is 3.73. The van der Waals surface area contributed by atoms with Crippen molar-refractivity contribution in [3.63, 3.8) is 0 Å². The van der Waals surface area contributed by atoms with Crippen LogP contribution in [0.4, 0.5) is 0 Å². The molecule has 3 rings (SSSR count). The zero-order chi connectivity index (χ0) is 17.4. The van der Waals surface area contributed by atoms with Gasteiger partial charge in [-0.3, -0.25) is 0 Å². The van der Waals surface area contributed by atoms with E-state index in [0.717, 1.165) is 21.6 Å². The fourth-order valence-corrected chi connectivity index (χ4v) is 3.84. The van der Waals surface area contributed by atoms with Crippen LogP contribution in [0.1, 0.15) is 50.5 Å². The lowest BCUT2D eigenvalue weighted by atomic mass is 9.99. The molecule has 7 nitrogen and oxygen atoms in total. The highest BCUT2D eigenvalue weighted by molar-refractivity contribution is 7.15. The molecule has 0 amide bonds. The topological polar surface area (TPSA) is 104 Å². The molecule has 0 spiro atoms. The van der Waals surface area contributed by atoms with Gasteiger partial charge in [0.2, 0.25) is 0 Å². The molecule has 3 aromatic rings. The number of hydrogen-bond acceptors (Lipinski definition) is 6. The van der Waals surface area contributed by atoms with E-state index < -0.39 is 0 Å². The highest BCUT2D eigenvalue weighted by Gasteiger charge is 2.16. The molecule has 128 valence electrons. The van der Waals surface area contributed by atoms with E-state index in [2.05, 4.69) is 33.8 Å².